The number of Topliss-reactive ketones (excluding diaryl/α,β-unsaturated/α-hetero) is 1. The maximum Gasteiger partial charge on any atom is 0.303 e. The Morgan fingerprint density at radius 3 is 1.96 bits per heavy atom. The number of carboxylic acids is 2. The second-order valence-corrected chi connectivity index (χ2v) is 6.59. The molecule has 0 saturated carbocycles. The van der Waals surface area contributed by atoms with Crippen molar-refractivity contribution in [3.63, 3.8) is 0 Å². The van der Waals surface area contributed by atoms with Crippen molar-refractivity contribution >= 4 is 17.7 Å². The first kappa shape index (κ1) is 21.3. The first-order valence-corrected chi connectivity index (χ1v) is 9.32. The van der Waals surface area contributed by atoms with Crippen molar-refractivity contribution in [2.24, 2.45) is 0 Å². The molecule has 148 valence electrons. The van der Waals surface area contributed by atoms with Gasteiger partial charge in [-0.05, 0) is 36.1 Å². The minimum atomic E-state index is -1.01. The van der Waals surface area contributed by atoms with Crippen LogP contribution in [0.3, 0.4) is 0 Å². The van der Waals surface area contributed by atoms with Gasteiger partial charge >= 0.3 is 11.9 Å². The highest BCUT2D eigenvalue weighted by atomic mass is 16.4. The minimum Gasteiger partial charge on any atom is -0.481 e. The lowest BCUT2D eigenvalue weighted by atomic mass is 9.96. The molecular formula is C22H25NO5. The summed E-state index contributed by atoms with van der Waals surface area (Å²) in [5.74, 6) is -2.04. The Balaban J connectivity index is 2.07. The summed E-state index contributed by atoms with van der Waals surface area (Å²) in [5, 5.41) is 20.7. The SMILES string of the molecule is O=C(O)CCCCNC(C(=O)CCC(=O)O)c1ccc(-c2ccccc2)cc1. The second-order valence-electron chi connectivity index (χ2n) is 6.59. The van der Waals surface area contributed by atoms with Gasteiger partial charge in [-0.1, -0.05) is 54.6 Å². The normalized spacial score (nSPS) is 11.7. The zero-order valence-corrected chi connectivity index (χ0v) is 15.6. The number of unbranched alkanes of at least 4 members (excludes halogenated alkanes) is 1. The summed E-state index contributed by atoms with van der Waals surface area (Å²) in [5.41, 5.74) is 2.88. The van der Waals surface area contributed by atoms with Gasteiger partial charge in [0, 0.05) is 12.8 Å². The Hall–Kier alpha value is -2.99. The average molecular weight is 383 g/mol. The Labute approximate surface area is 164 Å². The molecule has 2 aromatic rings. The summed E-state index contributed by atoms with van der Waals surface area (Å²) < 4.78 is 0. The first-order valence-electron chi connectivity index (χ1n) is 9.32. The topological polar surface area (TPSA) is 104 Å². The van der Waals surface area contributed by atoms with Crippen LogP contribution >= 0.6 is 0 Å². The molecule has 2 rings (SSSR count). The lowest BCUT2D eigenvalue weighted by Crippen LogP contribution is -2.30. The molecule has 0 aliphatic heterocycles. The highest BCUT2D eigenvalue weighted by molar-refractivity contribution is 5.88. The zero-order chi connectivity index (χ0) is 20.4. The predicted molar refractivity (Wildman–Crippen MR) is 106 cm³/mol. The lowest BCUT2D eigenvalue weighted by molar-refractivity contribution is -0.139. The van der Waals surface area contributed by atoms with Crippen LogP contribution in [-0.4, -0.2) is 34.5 Å². The maximum atomic E-state index is 12.6. The number of nitrogens with one attached hydrogen (secondary N) is 1. The fourth-order valence-electron chi connectivity index (χ4n) is 2.94. The van der Waals surface area contributed by atoms with Gasteiger partial charge in [-0.15, -0.1) is 0 Å². The number of benzene rings is 2. The van der Waals surface area contributed by atoms with Crippen LogP contribution in [0.15, 0.2) is 54.6 Å². The van der Waals surface area contributed by atoms with Crippen LogP contribution in [0.5, 0.6) is 0 Å². The van der Waals surface area contributed by atoms with Crippen molar-refractivity contribution in [3.05, 3.63) is 60.2 Å². The number of carbonyl (C=O) groups excluding carboxylic acids is 1. The van der Waals surface area contributed by atoms with E-state index in [0.717, 1.165) is 16.7 Å². The maximum absolute atomic E-state index is 12.6. The summed E-state index contributed by atoms with van der Waals surface area (Å²) in [4.78, 5) is 33.9. The summed E-state index contributed by atoms with van der Waals surface area (Å²) in [6.45, 7) is 0.483. The van der Waals surface area contributed by atoms with Crippen molar-refractivity contribution < 1.29 is 24.6 Å². The van der Waals surface area contributed by atoms with E-state index in [2.05, 4.69) is 5.32 Å². The number of hydrogen-bond donors (Lipinski definition) is 3. The molecule has 6 nitrogen and oxygen atoms in total. The van der Waals surface area contributed by atoms with Crippen LogP contribution < -0.4 is 5.32 Å². The standard InChI is InChI=1S/C22H25NO5/c24-19(13-14-21(27)28)22(23-15-5-4-8-20(25)26)18-11-9-17(10-12-18)16-6-2-1-3-7-16/h1-3,6-7,9-12,22-23H,4-5,8,13-15H2,(H,25,26)(H,27,28). The van der Waals surface area contributed by atoms with Gasteiger partial charge in [0.1, 0.15) is 0 Å². The Morgan fingerprint density at radius 1 is 0.750 bits per heavy atom. The highest BCUT2D eigenvalue weighted by Crippen LogP contribution is 2.23. The molecule has 0 bridgehead atoms. The molecule has 0 fully saturated rings. The van der Waals surface area contributed by atoms with Crippen molar-refractivity contribution in [2.75, 3.05) is 6.54 Å². The van der Waals surface area contributed by atoms with Crippen molar-refractivity contribution in [1.82, 2.24) is 5.32 Å². The number of carboxylic acid groups (broad SMARTS) is 2. The van der Waals surface area contributed by atoms with Crippen molar-refractivity contribution in [1.29, 1.82) is 0 Å². The largest absolute Gasteiger partial charge is 0.481 e. The van der Waals surface area contributed by atoms with Crippen molar-refractivity contribution in [3.8, 4) is 11.1 Å². The molecule has 2 aromatic carbocycles. The van der Waals surface area contributed by atoms with E-state index in [4.69, 9.17) is 10.2 Å². The van der Waals surface area contributed by atoms with Gasteiger partial charge in [0.15, 0.2) is 5.78 Å². The monoisotopic (exact) mass is 383 g/mol. The molecule has 1 unspecified atom stereocenters. The molecule has 28 heavy (non-hydrogen) atoms. The molecular weight excluding hydrogens is 358 g/mol. The fraction of sp³-hybridized carbons (Fsp3) is 0.318. The summed E-state index contributed by atoms with van der Waals surface area (Å²) in [6, 6.07) is 16.9. The Kier molecular flexibility index (Phi) is 8.37. The third-order valence-corrected chi connectivity index (χ3v) is 4.42. The van der Waals surface area contributed by atoms with E-state index in [1.165, 1.54) is 0 Å². The second kappa shape index (κ2) is 11.0. The predicted octanol–water partition coefficient (Wildman–Crippen LogP) is 3.67. The van der Waals surface area contributed by atoms with Crippen LogP contribution in [0, 0.1) is 0 Å². The van der Waals surface area contributed by atoms with Gasteiger partial charge in [0.05, 0.1) is 12.5 Å². The van der Waals surface area contributed by atoms with Crippen LogP contribution in [0.25, 0.3) is 11.1 Å². The van der Waals surface area contributed by atoms with Gasteiger partial charge in [-0.2, -0.15) is 0 Å². The number of carbonyl (C=O) groups is 3. The third kappa shape index (κ3) is 6.96. The van der Waals surface area contributed by atoms with Crippen LogP contribution in [0.2, 0.25) is 0 Å². The quantitative estimate of drug-likeness (QED) is 0.483. The molecule has 0 amide bonds. The van der Waals surface area contributed by atoms with Gasteiger partial charge in [0.2, 0.25) is 0 Å². The lowest BCUT2D eigenvalue weighted by Gasteiger charge is -2.18. The van der Waals surface area contributed by atoms with Gasteiger partial charge < -0.3 is 15.5 Å². The summed E-state index contributed by atoms with van der Waals surface area (Å²) in [7, 11) is 0. The highest BCUT2D eigenvalue weighted by Gasteiger charge is 2.20. The Morgan fingerprint density at radius 2 is 1.36 bits per heavy atom. The molecule has 0 saturated heterocycles. The van der Waals surface area contributed by atoms with E-state index in [0.29, 0.717) is 19.4 Å². The molecule has 0 aliphatic carbocycles. The molecule has 1 atom stereocenters. The van der Waals surface area contributed by atoms with Crippen LogP contribution in [0.4, 0.5) is 0 Å². The smallest absolute Gasteiger partial charge is 0.303 e. The number of aliphatic carboxylic acids is 2. The molecule has 0 aromatic heterocycles. The summed E-state index contributed by atoms with van der Waals surface area (Å²) in [6.07, 6.45) is 0.966. The molecule has 3 N–H and O–H groups in total. The van der Waals surface area contributed by atoms with Crippen molar-refractivity contribution in [2.45, 2.75) is 38.1 Å². The van der Waals surface area contributed by atoms with E-state index < -0.39 is 18.0 Å². The number of ketones is 1. The fourth-order valence-corrected chi connectivity index (χ4v) is 2.94. The minimum absolute atomic E-state index is 0.0530. The van der Waals surface area contributed by atoms with Crippen LogP contribution in [0.1, 0.15) is 43.7 Å². The molecule has 0 aliphatic rings. The number of hydrogen-bond acceptors (Lipinski definition) is 4. The molecule has 0 spiro atoms. The van der Waals surface area contributed by atoms with E-state index in [1.807, 2.05) is 54.6 Å². The molecule has 0 radical (unpaired) electrons. The molecule has 0 heterocycles. The van der Waals surface area contributed by atoms with E-state index in [9.17, 15) is 14.4 Å². The average Bonchev–Trinajstić information content (AvgIpc) is 2.69. The summed E-state index contributed by atoms with van der Waals surface area (Å²) >= 11 is 0. The van der Waals surface area contributed by atoms with Gasteiger partial charge in [-0.3, -0.25) is 14.4 Å². The van der Waals surface area contributed by atoms with Gasteiger partial charge in [-0.25, -0.2) is 0 Å². The first-order chi connectivity index (χ1) is 13.5. The number of rotatable bonds is 12. The third-order valence-electron chi connectivity index (χ3n) is 4.42. The zero-order valence-electron chi connectivity index (χ0n) is 15.6. The van der Waals surface area contributed by atoms with E-state index in [1.54, 1.807) is 0 Å². The van der Waals surface area contributed by atoms with Gasteiger partial charge in [0.25, 0.3) is 0 Å². The van der Waals surface area contributed by atoms with Crippen LogP contribution in [-0.2, 0) is 14.4 Å². The van der Waals surface area contributed by atoms with E-state index in [-0.39, 0.29) is 25.0 Å². The molecule has 6 heteroatoms. The Bertz CT molecular complexity index is 786. The van der Waals surface area contributed by atoms with E-state index >= 15 is 0 Å².